The Kier molecular flexibility index (Phi) is 2.27. The van der Waals surface area contributed by atoms with Crippen LogP contribution in [0.1, 0.15) is 43.7 Å². The summed E-state index contributed by atoms with van der Waals surface area (Å²) < 4.78 is 5.70. The first kappa shape index (κ1) is 9.95. The van der Waals surface area contributed by atoms with Crippen LogP contribution in [0.4, 0.5) is 0 Å². The molecule has 0 aliphatic heterocycles. The van der Waals surface area contributed by atoms with Gasteiger partial charge in [-0.05, 0) is 31.4 Å². The van der Waals surface area contributed by atoms with E-state index in [1.807, 2.05) is 6.92 Å². The minimum absolute atomic E-state index is 0.350. The number of benzene rings is 1. The molecule has 0 unspecified atom stereocenters. The van der Waals surface area contributed by atoms with Gasteiger partial charge < -0.3 is 4.74 Å². The molecule has 1 heteroatoms. The Bertz CT molecular complexity index is 425. The molecule has 0 amide bonds. The molecule has 2 aliphatic carbocycles. The predicted octanol–water partition coefficient (Wildman–Crippen LogP) is 3.92. The fourth-order valence-corrected chi connectivity index (χ4v) is 3.21. The van der Waals surface area contributed by atoms with Crippen LogP contribution in [0, 0.1) is 0 Å². The van der Waals surface area contributed by atoms with E-state index in [1.54, 1.807) is 0 Å². The lowest BCUT2D eigenvalue weighted by atomic mass is 9.81. The quantitative estimate of drug-likeness (QED) is 0.725. The van der Waals surface area contributed by atoms with E-state index in [4.69, 9.17) is 4.74 Å². The summed E-state index contributed by atoms with van der Waals surface area (Å²) in [6.45, 7) is 2.79. The molecule has 1 spiro atoms. The van der Waals surface area contributed by atoms with Gasteiger partial charge in [0.15, 0.2) is 0 Å². The third-order valence-electron chi connectivity index (χ3n) is 3.97. The number of hydrogen-bond donors (Lipinski definition) is 0. The van der Waals surface area contributed by atoms with Crippen molar-refractivity contribution < 1.29 is 4.74 Å². The van der Waals surface area contributed by atoms with E-state index in [1.165, 1.54) is 36.8 Å². The summed E-state index contributed by atoms with van der Waals surface area (Å²) in [7, 11) is 0. The molecule has 1 nitrogen and oxygen atoms in total. The van der Waals surface area contributed by atoms with Crippen LogP contribution >= 0.6 is 0 Å². The van der Waals surface area contributed by atoms with Crippen molar-refractivity contribution >= 4 is 6.08 Å². The monoisotopic (exact) mass is 214 g/mol. The van der Waals surface area contributed by atoms with E-state index in [-0.39, 0.29) is 0 Å². The molecule has 1 fully saturated rings. The Morgan fingerprint density at radius 3 is 2.81 bits per heavy atom. The molecule has 0 atom stereocenters. The third kappa shape index (κ3) is 1.31. The van der Waals surface area contributed by atoms with Gasteiger partial charge in [-0.2, -0.15) is 0 Å². The number of hydrogen-bond acceptors (Lipinski definition) is 1. The molecule has 16 heavy (non-hydrogen) atoms. The fraction of sp³-hybridized carbons (Fsp3) is 0.467. The van der Waals surface area contributed by atoms with Crippen LogP contribution in [-0.2, 0) is 5.41 Å². The molecule has 3 rings (SSSR count). The van der Waals surface area contributed by atoms with Crippen molar-refractivity contribution in [2.75, 3.05) is 6.61 Å². The second-order valence-electron chi connectivity index (χ2n) is 4.85. The lowest BCUT2D eigenvalue weighted by molar-refractivity contribution is 0.339. The molecule has 0 bridgehead atoms. The zero-order chi connectivity index (χ0) is 11.0. The first-order valence-electron chi connectivity index (χ1n) is 6.31. The van der Waals surface area contributed by atoms with E-state index < -0.39 is 0 Å². The highest BCUT2D eigenvalue weighted by Crippen LogP contribution is 2.49. The maximum absolute atomic E-state index is 5.70. The average molecular weight is 214 g/mol. The lowest BCUT2D eigenvalue weighted by Gasteiger charge is -2.23. The maximum atomic E-state index is 5.70. The summed E-state index contributed by atoms with van der Waals surface area (Å²) in [5.74, 6) is 1.06. The van der Waals surface area contributed by atoms with Crippen molar-refractivity contribution in [3.63, 3.8) is 0 Å². The number of fused-ring (bicyclic) bond motifs is 2. The van der Waals surface area contributed by atoms with Crippen LogP contribution in [0.3, 0.4) is 0 Å². The van der Waals surface area contributed by atoms with Crippen LogP contribution in [0.25, 0.3) is 6.08 Å². The van der Waals surface area contributed by atoms with Crippen LogP contribution in [0.15, 0.2) is 24.3 Å². The highest BCUT2D eigenvalue weighted by Gasteiger charge is 2.38. The Morgan fingerprint density at radius 1 is 1.25 bits per heavy atom. The zero-order valence-corrected chi connectivity index (χ0v) is 9.83. The van der Waals surface area contributed by atoms with E-state index >= 15 is 0 Å². The van der Waals surface area contributed by atoms with Gasteiger partial charge >= 0.3 is 0 Å². The maximum Gasteiger partial charge on any atom is 0.126 e. The Hall–Kier alpha value is -1.24. The van der Waals surface area contributed by atoms with Crippen LogP contribution in [0.2, 0.25) is 0 Å². The molecular weight excluding hydrogens is 196 g/mol. The SMILES string of the molecule is CCOc1cccc2c1C=CC21CCCC1. The van der Waals surface area contributed by atoms with Crippen LogP contribution in [0.5, 0.6) is 5.75 Å². The number of rotatable bonds is 2. The second-order valence-corrected chi connectivity index (χ2v) is 4.85. The largest absolute Gasteiger partial charge is 0.493 e. The van der Waals surface area contributed by atoms with Crippen LogP contribution in [-0.4, -0.2) is 6.61 Å². The van der Waals surface area contributed by atoms with Crippen molar-refractivity contribution in [1.82, 2.24) is 0 Å². The van der Waals surface area contributed by atoms with E-state index in [2.05, 4.69) is 30.4 Å². The molecule has 2 aliphatic rings. The minimum Gasteiger partial charge on any atom is -0.493 e. The predicted molar refractivity (Wildman–Crippen MR) is 66.8 cm³/mol. The van der Waals surface area contributed by atoms with Gasteiger partial charge in [-0.25, -0.2) is 0 Å². The molecule has 0 aromatic heterocycles. The molecular formula is C15H18O. The molecule has 0 N–H and O–H groups in total. The van der Waals surface area contributed by atoms with E-state index in [0.717, 1.165) is 12.4 Å². The van der Waals surface area contributed by atoms with Gasteiger partial charge in [0.1, 0.15) is 5.75 Å². The first-order chi connectivity index (χ1) is 7.86. The van der Waals surface area contributed by atoms with Gasteiger partial charge in [0, 0.05) is 11.0 Å². The minimum atomic E-state index is 0.350. The topological polar surface area (TPSA) is 9.23 Å². The molecule has 1 aromatic carbocycles. The van der Waals surface area contributed by atoms with Crippen molar-refractivity contribution in [2.45, 2.75) is 38.0 Å². The highest BCUT2D eigenvalue weighted by molar-refractivity contribution is 5.70. The van der Waals surface area contributed by atoms with Gasteiger partial charge in [0.25, 0.3) is 0 Å². The summed E-state index contributed by atoms with van der Waals surface area (Å²) in [6.07, 6.45) is 10.0. The van der Waals surface area contributed by atoms with Crippen molar-refractivity contribution in [1.29, 1.82) is 0 Å². The lowest BCUT2D eigenvalue weighted by Crippen LogP contribution is -2.16. The second kappa shape index (κ2) is 3.65. The summed E-state index contributed by atoms with van der Waals surface area (Å²) in [5.41, 5.74) is 3.17. The summed E-state index contributed by atoms with van der Waals surface area (Å²) in [4.78, 5) is 0. The molecule has 84 valence electrons. The smallest absolute Gasteiger partial charge is 0.126 e. The zero-order valence-electron chi connectivity index (χ0n) is 9.83. The number of allylic oxidation sites excluding steroid dienone is 1. The molecule has 1 saturated carbocycles. The third-order valence-corrected chi connectivity index (χ3v) is 3.97. The average Bonchev–Trinajstić information content (AvgIpc) is 2.91. The molecule has 1 aromatic rings. The van der Waals surface area contributed by atoms with Gasteiger partial charge in [-0.3, -0.25) is 0 Å². The van der Waals surface area contributed by atoms with E-state index in [9.17, 15) is 0 Å². The summed E-state index contributed by atoms with van der Waals surface area (Å²) in [5, 5.41) is 0. The Balaban J connectivity index is 2.07. The molecule has 0 radical (unpaired) electrons. The van der Waals surface area contributed by atoms with Crippen molar-refractivity contribution in [3.8, 4) is 5.75 Å². The molecule has 0 heterocycles. The summed E-state index contributed by atoms with van der Waals surface area (Å²) >= 11 is 0. The van der Waals surface area contributed by atoms with Gasteiger partial charge in [-0.15, -0.1) is 0 Å². The van der Waals surface area contributed by atoms with Gasteiger partial charge in [0.05, 0.1) is 6.61 Å². The van der Waals surface area contributed by atoms with Gasteiger partial charge in [0.2, 0.25) is 0 Å². The standard InChI is InChI=1S/C15H18O/c1-2-16-14-7-5-6-13-12(14)8-11-15(13)9-3-4-10-15/h5-8,11H,2-4,9-10H2,1H3. The Morgan fingerprint density at radius 2 is 2.06 bits per heavy atom. The fourth-order valence-electron chi connectivity index (χ4n) is 3.21. The van der Waals surface area contributed by atoms with Crippen LogP contribution < -0.4 is 4.74 Å². The Labute approximate surface area is 97.1 Å². The molecule has 0 saturated heterocycles. The highest BCUT2D eigenvalue weighted by atomic mass is 16.5. The van der Waals surface area contributed by atoms with Crippen molar-refractivity contribution in [3.05, 3.63) is 35.4 Å². The normalized spacial score (nSPS) is 20.3. The summed E-state index contributed by atoms with van der Waals surface area (Å²) in [6, 6.07) is 6.50. The first-order valence-corrected chi connectivity index (χ1v) is 6.31. The number of ether oxygens (including phenoxy) is 1. The van der Waals surface area contributed by atoms with Gasteiger partial charge in [-0.1, -0.05) is 37.1 Å². The van der Waals surface area contributed by atoms with E-state index in [0.29, 0.717) is 5.41 Å². The van der Waals surface area contributed by atoms with Crippen molar-refractivity contribution in [2.24, 2.45) is 0 Å².